The van der Waals surface area contributed by atoms with Gasteiger partial charge in [0.25, 0.3) is 0 Å². The Bertz CT molecular complexity index is 859. The van der Waals surface area contributed by atoms with Crippen LogP contribution in [0.1, 0.15) is 24.7 Å². The number of hydrogen-bond acceptors (Lipinski definition) is 7. The Labute approximate surface area is 138 Å². The van der Waals surface area contributed by atoms with E-state index in [1.165, 1.54) is 12.8 Å². The highest BCUT2D eigenvalue weighted by Gasteiger charge is 2.33. The number of anilines is 1. The van der Waals surface area contributed by atoms with E-state index in [9.17, 15) is 0 Å². The molecule has 9 nitrogen and oxygen atoms in total. The Kier molecular flexibility index (Phi) is 3.02. The molecular formula is C15H19N9. The molecule has 1 saturated carbocycles. The smallest absolute Gasteiger partial charge is 0.177 e. The fourth-order valence-electron chi connectivity index (χ4n) is 3.20. The fraction of sp³-hybridized carbons (Fsp3) is 0.533. The first-order valence-corrected chi connectivity index (χ1v) is 8.28. The van der Waals surface area contributed by atoms with Crippen LogP contribution in [0.4, 0.5) is 5.82 Å². The lowest BCUT2D eigenvalue weighted by atomic mass is 10.1. The number of nitrogens with zero attached hydrogens (tertiary/aromatic N) is 9. The van der Waals surface area contributed by atoms with Gasteiger partial charge in [0.2, 0.25) is 0 Å². The Balaban J connectivity index is 1.23. The van der Waals surface area contributed by atoms with Gasteiger partial charge in [-0.1, -0.05) is 0 Å². The second-order valence-electron chi connectivity index (χ2n) is 6.68. The molecule has 1 aliphatic carbocycles. The lowest BCUT2D eigenvalue weighted by Gasteiger charge is -2.44. The highest BCUT2D eigenvalue weighted by atomic mass is 15.4. The summed E-state index contributed by atoms with van der Waals surface area (Å²) in [6, 6.07) is 5.09. The average molecular weight is 325 g/mol. The third kappa shape index (κ3) is 2.32. The van der Waals surface area contributed by atoms with Crippen LogP contribution in [0.2, 0.25) is 0 Å². The van der Waals surface area contributed by atoms with Crippen molar-refractivity contribution < 1.29 is 0 Å². The summed E-state index contributed by atoms with van der Waals surface area (Å²) >= 11 is 0. The quantitative estimate of drug-likeness (QED) is 0.670. The van der Waals surface area contributed by atoms with Crippen LogP contribution in [0.3, 0.4) is 0 Å². The van der Waals surface area contributed by atoms with Crippen molar-refractivity contribution >= 4 is 11.5 Å². The molecule has 24 heavy (non-hydrogen) atoms. The van der Waals surface area contributed by atoms with Crippen LogP contribution >= 0.6 is 0 Å². The van der Waals surface area contributed by atoms with Crippen molar-refractivity contribution in [3.8, 4) is 0 Å². The zero-order valence-electron chi connectivity index (χ0n) is 13.5. The van der Waals surface area contributed by atoms with Gasteiger partial charge in [-0.15, -0.1) is 25.5 Å². The molecule has 1 saturated heterocycles. The summed E-state index contributed by atoms with van der Waals surface area (Å²) in [6.45, 7) is 2.77. The molecule has 0 N–H and O–H groups in total. The minimum absolute atomic E-state index is 0.507. The maximum atomic E-state index is 4.54. The fourth-order valence-corrected chi connectivity index (χ4v) is 3.20. The van der Waals surface area contributed by atoms with E-state index in [-0.39, 0.29) is 0 Å². The molecular weight excluding hydrogens is 306 g/mol. The number of fused-ring (bicyclic) bond motifs is 1. The van der Waals surface area contributed by atoms with Gasteiger partial charge in [-0.2, -0.15) is 4.52 Å². The molecule has 5 rings (SSSR count). The predicted molar refractivity (Wildman–Crippen MR) is 86.5 cm³/mol. The normalized spacial score (nSPS) is 18.5. The highest BCUT2D eigenvalue weighted by Crippen LogP contribution is 2.35. The zero-order chi connectivity index (χ0) is 16.1. The lowest BCUT2D eigenvalue weighted by molar-refractivity contribution is 0.190. The van der Waals surface area contributed by atoms with E-state index in [0.717, 1.165) is 36.9 Å². The van der Waals surface area contributed by atoms with E-state index < -0.39 is 0 Å². The monoisotopic (exact) mass is 325 g/mol. The summed E-state index contributed by atoms with van der Waals surface area (Å²) in [7, 11) is 2.16. The Morgan fingerprint density at radius 3 is 2.79 bits per heavy atom. The minimum Gasteiger partial charge on any atom is -0.352 e. The van der Waals surface area contributed by atoms with Crippen LogP contribution in [-0.2, 0) is 6.54 Å². The maximum absolute atomic E-state index is 4.54. The van der Waals surface area contributed by atoms with Crippen LogP contribution < -0.4 is 4.90 Å². The standard InChI is InChI=1S/C15H19N9/c1-21(8-15-19-16-9-23(15)11-2-3-11)12-6-22(7-12)14-5-4-13-18-17-10-24(13)20-14/h4-5,9-12H,2-3,6-8H2,1H3. The molecule has 2 aliphatic rings. The number of likely N-dealkylation sites (N-methyl/N-ethyl adjacent to an activating group) is 1. The summed E-state index contributed by atoms with van der Waals surface area (Å²) < 4.78 is 3.94. The first-order valence-electron chi connectivity index (χ1n) is 8.28. The van der Waals surface area contributed by atoms with E-state index in [1.54, 1.807) is 10.8 Å². The predicted octanol–water partition coefficient (Wildman–Crippen LogP) is 0.371. The molecule has 0 unspecified atom stereocenters. The van der Waals surface area contributed by atoms with Crippen molar-refractivity contribution in [1.82, 2.24) is 39.5 Å². The van der Waals surface area contributed by atoms with Gasteiger partial charge in [-0.3, -0.25) is 4.90 Å². The van der Waals surface area contributed by atoms with E-state index in [4.69, 9.17) is 0 Å². The molecule has 9 heteroatoms. The molecule has 4 heterocycles. The van der Waals surface area contributed by atoms with Crippen LogP contribution in [0.15, 0.2) is 24.8 Å². The molecule has 0 aromatic carbocycles. The van der Waals surface area contributed by atoms with Crippen molar-refractivity contribution in [2.75, 3.05) is 25.0 Å². The molecule has 0 bridgehead atoms. The van der Waals surface area contributed by atoms with Crippen molar-refractivity contribution in [3.63, 3.8) is 0 Å². The molecule has 2 fully saturated rings. The highest BCUT2D eigenvalue weighted by molar-refractivity contribution is 5.47. The van der Waals surface area contributed by atoms with Crippen LogP contribution in [0, 0.1) is 0 Å². The molecule has 1 aliphatic heterocycles. The third-order valence-electron chi connectivity index (χ3n) is 4.94. The van der Waals surface area contributed by atoms with E-state index >= 15 is 0 Å². The molecule has 3 aromatic rings. The average Bonchev–Trinajstić information content (AvgIpc) is 3.09. The van der Waals surface area contributed by atoms with Crippen molar-refractivity contribution in [1.29, 1.82) is 0 Å². The summed E-state index contributed by atoms with van der Waals surface area (Å²) in [5.41, 5.74) is 0.771. The zero-order valence-corrected chi connectivity index (χ0v) is 13.5. The SMILES string of the molecule is CN(Cc1nncn1C1CC1)C1CN(c2ccc3nncn3n2)C1. The molecule has 124 valence electrons. The number of aromatic nitrogens is 7. The van der Waals surface area contributed by atoms with Gasteiger partial charge in [-0.25, -0.2) is 0 Å². The molecule has 0 spiro atoms. The van der Waals surface area contributed by atoms with Gasteiger partial charge in [-0.05, 0) is 32.0 Å². The summed E-state index contributed by atoms with van der Waals surface area (Å²) in [6.07, 6.45) is 6.01. The van der Waals surface area contributed by atoms with Gasteiger partial charge in [0, 0.05) is 25.2 Å². The van der Waals surface area contributed by atoms with E-state index in [2.05, 4.69) is 46.9 Å². The summed E-state index contributed by atoms with van der Waals surface area (Å²) in [5.74, 6) is 2.04. The Morgan fingerprint density at radius 1 is 1.12 bits per heavy atom. The summed E-state index contributed by atoms with van der Waals surface area (Å²) in [4.78, 5) is 4.63. The van der Waals surface area contributed by atoms with Crippen LogP contribution in [0.5, 0.6) is 0 Å². The Hall–Kier alpha value is -2.55. The first-order chi connectivity index (χ1) is 11.8. The van der Waals surface area contributed by atoms with Gasteiger partial charge in [0.1, 0.15) is 24.3 Å². The maximum Gasteiger partial charge on any atom is 0.177 e. The van der Waals surface area contributed by atoms with E-state index in [1.807, 2.05) is 18.5 Å². The van der Waals surface area contributed by atoms with Crippen molar-refractivity contribution in [2.45, 2.75) is 31.5 Å². The van der Waals surface area contributed by atoms with Crippen molar-refractivity contribution in [3.05, 3.63) is 30.6 Å². The molecule has 0 atom stereocenters. The lowest BCUT2D eigenvalue weighted by Crippen LogP contribution is -2.58. The van der Waals surface area contributed by atoms with Crippen molar-refractivity contribution in [2.24, 2.45) is 0 Å². The van der Waals surface area contributed by atoms with E-state index in [0.29, 0.717) is 12.1 Å². The van der Waals surface area contributed by atoms with Gasteiger partial charge in [0.05, 0.1) is 6.54 Å². The van der Waals surface area contributed by atoms with Crippen LogP contribution in [-0.4, -0.2) is 65.7 Å². The van der Waals surface area contributed by atoms with Gasteiger partial charge in [0.15, 0.2) is 5.65 Å². The second kappa shape index (κ2) is 5.23. The third-order valence-corrected chi connectivity index (χ3v) is 4.94. The van der Waals surface area contributed by atoms with Gasteiger partial charge < -0.3 is 9.47 Å². The molecule has 3 aromatic heterocycles. The largest absolute Gasteiger partial charge is 0.352 e. The summed E-state index contributed by atoms with van der Waals surface area (Å²) in [5, 5.41) is 20.8. The molecule has 0 radical (unpaired) electrons. The topological polar surface area (TPSA) is 80.3 Å². The molecule has 0 amide bonds. The number of hydrogen-bond donors (Lipinski definition) is 0. The number of rotatable bonds is 5. The second-order valence-corrected chi connectivity index (χ2v) is 6.68. The Morgan fingerprint density at radius 2 is 1.96 bits per heavy atom. The first kappa shape index (κ1) is 13.8. The van der Waals surface area contributed by atoms with Gasteiger partial charge >= 0.3 is 0 Å². The minimum atomic E-state index is 0.507. The van der Waals surface area contributed by atoms with Crippen LogP contribution in [0.25, 0.3) is 5.65 Å².